The molecule has 15 heavy (non-hydrogen) atoms. The van der Waals surface area contributed by atoms with Gasteiger partial charge in [-0.3, -0.25) is 9.79 Å². The van der Waals surface area contributed by atoms with Gasteiger partial charge in [0, 0.05) is 19.4 Å². The largest absolute Gasteiger partial charge is 0.370 e. The molecule has 86 valence electrons. The van der Waals surface area contributed by atoms with E-state index in [0.717, 1.165) is 0 Å². The lowest BCUT2D eigenvalue weighted by molar-refractivity contribution is -0.122. The van der Waals surface area contributed by atoms with Crippen molar-refractivity contribution < 1.29 is 9.59 Å². The van der Waals surface area contributed by atoms with Crippen molar-refractivity contribution in [1.29, 1.82) is 0 Å². The van der Waals surface area contributed by atoms with Gasteiger partial charge in [-0.05, 0) is 12.8 Å². The summed E-state index contributed by atoms with van der Waals surface area (Å²) in [5.41, 5.74) is 15.8. The number of nitrogens with zero attached hydrogens (tertiary/aromatic N) is 1. The Balaban J connectivity index is 3.64. The summed E-state index contributed by atoms with van der Waals surface area (Å²) < 4.78 is 0. The van der Waals surface area contributed by atoms with E-state index < -0.39 is 6.04 Å². The third-order valence-corrected chi connectivity index (χ3v) is 1.89. The molecule has 0 aromatic rings. The lowest BCUT2D eigenvalue weighted by Crippen LogP contribution is -2.30. The zero-order valence-electron chi connectivity index (χ0n) is 8.69. The molecule has 0 aliphatic carbocycles. The van der Waals surface area contributed by atoms with Gasteiger partial charge in [-0.15, -0.1) is 0 Å². The van der Waals surface area contributed by atoms with Crippen molar-refractivity contribution >= 4 is 18.0 Å². The van der Waals surface area contributed by atoms with Crippen molar-refractivity contribution in [3.63, 3.8) is 0 Å². The number of guanidine groups is 1. The standard InChI is InChI=1S/C9H18N4O2/c10-7(8(15)4-2-6-14)3-1-5-13-9(11)12/h6-7H,1-5,10H2,(H4,11,12,13). The van der Waals surface area contributed by atoms with Gasteiger partial charge in [0.25, 0.3) is 0 Å². The van der Waals surface area contributed by atoms with E-state index in [1.807, 2.05) is 0 Å². The molecule has 0 bridgehead atoms. The monoisotopic (exact) mass is 214 g/mol. The quantitative estimate of drug-likeness (QED) is 0.205. The number of carbonyl (C=O) groups excluding carboxylic acids is 2. The molecule has 0 fully saturated rings. The first-order chi connectivity index (χ1) is 7.07. The Labute approximate surface area is 88.9 Å². The third-order valence-electron chi connectivity index (χ3n) is 1.89. The van der Waals surface area contributed by atoms with Crippen LogP contribution in [0.1, 0.15) is 25.7 Å². The van der Waals surface area contributed by atoms with Crippen molar-refractivity contribution in [3.05, 3.63) is 0 Å². The Morgan fingerprint density at radius 1 is 1.40 bits per heavy atom. The number of aliphatic imine (C=N–C) groups is 1. The highest BCUT2D eigenvalue weighted by Crippen LogP contribution is 2.00. The normalized spacial score (nSPS) is 11.8. The number of Topliss-reactive ketones (excluding diaryl/α,β-unsaturated/α-hetero) is 1. The number of aldehydes is 1. The summed E-state index contributed by atoms with van der Waals surface area (Å²) in [5, 5.41) is 0. The Hall–Kier alpha value is -1.43. The molecule has 1 atom stereocenters. The topological polar surface area (TPSA) is 125 Å². The Bertz CT molecular complexity index is 236. The number of nitrogens with two attached hydrogens (primary N) is 3. The Morgan fingerprint density at radius 3 is 2.60 bits per heavy atom. The number of carbonyl (C=O) groups is 2. The summed E-state index contributed by atoms with van der Waals surface area (Å²) in [6.07, 6.45) is 2.36. The molecule has 0 aromatic carbocycles. The lowest BCUT2D eigenvalue weighted by Gasteiger charge is -2.08. The summed E-state index contributed by atoms with van der Waals surface area (Å²) in [6, 6.07) is -0.515. The minimum Gasteiger partial charge on any atom is -0.370 e. The van der Waals surface area contributed by atoms with Crippen LogP contribution in [0.15, 0.2) is 4.99 Å². The van der Waals surface area contributed by atoms with Crippen LogP contribution in [0, 0.1) is 0 Å². The van der Waals surface area contributed by atoms with Crippen LogP contribution in [0.4, 0.5) is 0 Å². The first-order valence-corrected chi connectivity index (χ1v) is 4.85. The highest BCUT2D eigenvalue weighted by atomic mass is 16.1. The molecule has 0 aliphatic heterocycles. The Kier molecular flexibility index (Phi) is 7.17. The maximum atomic E-state index is 11.3. The van der Waals surface area contributed by atoms with Crippen LogP contribution in [-0.2, 0) is 9.59 Å². The summed E-state index contributed by atoms with van der Waals surface area (Å²) in [4.78, 5) is 25.1. The van der Waals surface area contributed by atoms with Crippen LogP contribution in [-0.4, -0.2) is 30.6 Å². The number of hydrogen-bond acceptors (Lipinski definition) is 4. The predicted octanol–water partition coefficient (Wildman–Crippen LogP) is -1.08. The first-order valence-electron chi connectivity index (χ1n) is 4.85. The van der Waals surface area contributed by atoms with E-state index >= 15 is 0 Å². The molecular weight excluding hydrogens is 196 g/mol. The highest BCUT2D eigenvalue weighted by Gasteiger charge is 2.11. The van der Waals surface area contributed by atoms with Gasteiger partial charge in [0.1, 0.15) is 12.1 Å². The zero-order valence-corrected chi connectivity index (χ0v) is 8.69. The van der Waals surface area contributed by atoms with Crippen LogP contribution in [0.3, 0.4) is 0 Å². The van der Waals surface area contributed by atoms with E-state index in [-0.39, 0.29) is 24.6 Å². The van der Waals surface area contributed by atoms with Crippen molar-refractivity contribution in [2.75, 3.05) is 6.54 Å². The van der Waals surface area contributed by atoms with Crippen LogP contribution in [0.25, 0.3) is 0 Å². The fourth-order valence-electron chi connectivity index (χ4n) is 1.07. The minimum atomic E-state index is -0.515. The van der Waals surface area contributed by atoms with Gasteiger partial charge in [0.15, 0.2) is 5.96 Å². The first kappa shape index (κ1) is 13.6. The molecule has 6 N–H and O–H groups in total. The molecule has 0 saturated carbocycles. The molecule has 1 unspecified atom stereocenters. The second kappa shape index (κ2) is 7.93. The molecule has 6 heteroatoms. The van der Waals surface area contributed by atoms with E-state index in [1.54, 1.807) is 0 Å². The van der Waals surface area contributed by atoms with Crippen molar-refractivity contribution in [2.24, 2.45) is 22.2 Å². The molecule has 0 aromatic heterocycles. The predicted molar refractivity (Wildman–Crippen MR) is 58.2 cm³/mol. The van der Waals surface area contributed by atoms with E-state index in [2.05, 4.69) is 4.99 Å². The Morgan fingerprint density at radius 2 is 2.07 bits per heavy atom. The maximum Gasteiger partial charge on any atom is 0.185 e. The fourth-order valence-corrected chi connectivity index (χ4v) is 1.07. The summed E-state index contributed by atoms with van der Waals surface area (Å²) in [7, 11) is 0. The van der Waals surface area contributed by atoms with Gasteiger partial charge in [0.2, 0.25) is 0 Å². The number of hydrogen-bond donors (Lipinski definition) is 3. The molecule has 0 heterocycles. The second-order valence-corrected chi connectivity index (χ2v) is 3.23. The van der Waals surface area contributed by atoms with Gasteiger partial charge < -0.3 is 22.0 Å². The van der Waals surface area contributed by atoms with Gasteiger partial charge in [-0.2, -0.15) is 0 Å². The molecule has 0 amide bonds. The average molecular weight is 214 g/mol. The molecular formula is C9H18N4O2. The minimum absolute atomic E-state index is 0.0378. The fraction of sp³-hybridized carbons (Fsp3) is 0.667. The van der Waals surface area contributed by atoms with E-state index in [4.69, 9.17) is 17.2 Å². The maximum absolute atomic E-state index is 11.3. The molecule has 0 spiro atoms. The van der Waals surface area contributed by atoms with Gasteiger partial charge in [-0.25, -0.2) is 0 Å². The summed E-state index contributed by atoms with van der Waals surface area (Å²) in [6.45, 7) is 0.469. The van der Waals surface area contributed by atoms with Crippen LogP contribution in [0.2, 0.25) is 0 Å². The third kappa shape index (κ3) is 7.63. The van der Waals surface area contributed by atoms with Crippen LogP contribution in [0.5, 0.6) is 0 Å². The van der Waals surface area contributed by atoms with E-state index in [9.17, 15) is 9.59 Å². The molecule has 0 radical (unpaired) electrons. The molecule has 0 saturated heterocycles. The van der Waals surface area contributed by atoms with Crippen molar-refractivity contribution in [3.8, 4) is 0 Å². The van der Waals surface area contributed by atoms with E-state index in [0.29, 0.717) is 25.7 Å². The smallest absolute Gasteiger partial charge is 0.185 e. The zero-order chi connectivity index (χ0) is 11.7. The van der Waals surface area contributed by atoms with Crippen LogP contribution < -0.4 is 17.2 Å². The second-order valence-electron chi connectivity index (χ2n) is 3.23. The average Bonchev–Trinajstić information content (AvgIpc) is 2.20. The molecule has 0 aliphatic rings. The number of ketones is 1. The van der Waals surface area contributed by atoms with Gasteiger partial charge in [-0.1, -0.05) is 0 Å². The van der Waals surface area contributed by atoms with Crippen LogP contribution >= 0.6 is 0 Å². The van der Waals surface area contributed by atoms with Crippen molar-refractivity contribution in [2.45, 2.75) is 31.7 Å². The number of rotatable bonds is 8. The van der Waals surface area contributed by atoms with Gasteiger partial charge >= 0.3 is 0 Å². The summed E-state index contributed by atoms with van der Waals surface area (Å²) in [5.74, 6) is -0.0531. The molecule has 6 nitrogen and oxygen atoms in total. The lowest BCUT2D eigenvalue weighted by atomic mass is 10.0. The van der Waals surface area contributed by atoms with Crippen molar-refractivity contribution in [1.82, 2.24) is 0 Å². The highest BCUT2D eigenvalue weighted by molar-refractivity contribution is 5.85. The SMILES string of the molecule is NC(N)=NCCCC(N)C(=O)CCC=O. The summed E-state index contributed by atoms with van der Waals surface area (Å²) >= 11 is 0. The molecule has 0 rings (SSSR count). The van der Waals surface area contributed by atoms with Gasteiger partial charge in [0.05, 0.1) is 6.04 Å². The van der Waals surface area contributed by atoms with E-state index in [1.165, 1.54) is 0 Å².